The second kappa shape index (κ2) is 22.4. The Bertz CT molecular complexity index is 1920. The Morgan fingerprint density at radius 2 is 1.24 bits per heavy atom. The molecular formula is C52H86O22. The van der Waals surface area contributed by atoms with Gasteiger partial charge >= 0.3 is 0 Å². The topological polar surface area (TPSA) is 335 Å². The second-order valence-electron chi connectivity index (χ2n) is 24.0. The van der Waals surface area contributed by atoms with Crippen LogP contribution in [0.4, 0.5) is 0 Å². The van der Waals surface area contributed by atoms with Crippen molar-refractivity contribution in [3.8, 4) is 0 Å². The van der Waals surface area contributed by atoms with Crippen LogP contribution in [-0.2, 0) is 47.4 Å². The first-order valence-electron chi connectivity index (χ1n) is 27.2. The third-order valence-electron chi connectivity index (χ3n) is 19.8. The number of hydrogen-bond donors (Lipinski definition) is 12. The Kier molecular flexibility index (Phi) is 17.4. The molecular weight excluding hydrogens is 977 g/mol. The van der Waals surface area contributed by atoms with Crippen LogP contribution in [0.15, 0.2) is 11.6 Å². The summed E-state index contributed by atoms with van der Waals surface area (Å²) in [6, 6.07) is 0. The van der Waals surface area contributed by atoms with Crippen LogP contribution in [0.3, 0.4) is 0 Å². The smallest absolute Gasteiger partial charge is 0.187 e. The van der Waals surface area contributed by atoms with E-state index in [-0.39, 0.29) is 41.3 Å². The standard InChI is InChI=1S/C52H86O22/c1-21(20-66-46-40(61)39(60)36(57)31(18-53)70-46)10-15-52(65-7)22(2)33-30(74-52)17-29-27-9-8-25-16-26(11-13-50(25,5)28(27)12-14-51(29,33)6)69-49-45(73-48-42(63)38(59)35(56)24(4)68-48)43(64)44(32(19-54)71-49)72-47-41(62)37(58)34(55)23(3)67-47/h8,21-24,26-49,53-64H,9-20H2,1-7H3/t21?,22?,23-,24-,26?,27?,28?,29?,30?,31?,32?,33?,34-,35-,36-,37+,38+,39?,40+,41+,42+,43?,44+,45+,46-,47?,48?,49-,50?,51?,52?/m1/s1. The van der Waals surface area contributed by atoms with Gasteiger partial charge < -0.3 is 109 Å². The summed E-state index contributed by atoms with van der Waals surface area (Å²) >= 11 is 0. The molecule has 0 aromatic carbocycles. The van der Waals surface area contributed by atoms with Crippen LogP contribution in [0, 0.1) is 46.3 Å². The van der Waals surface area contributed by atoms with Gasteiger partial charge in [0.2, 0.25) is 0 Å². The van der Waals surface area contributed by atoms with Crippen molar-refractivity contribution in [3.63, 3.8) is 0 Å². The Morgan fingerprint density at radius 1 is 0.649 bits per heavy atom. The van der Waals surface area contributed by atoms with Gasteiger partial charge in [-0.1, -0.05) is 39.3 Å². The highest BCUT2D eigenvalue weighted by atomic mass is 16.8. The molecule has 426 valence electrons. The number of aliphatic hydroxyl groups is 12. The van der Waals surface area contributed by atoms with Crippen LogP contribution >= 0.6 is 0 Å². The predicted octanol–water partition coefficient (Wildman–Crippen LogP) is -1.33. The van der Waals surface area contributed by atoms with Gasteiger partial charge in [0.25, 0.3) is 0 Å². The predicted molar refractivity (Wildman–Crippen MR) is 254 cm³/mol. The molecule has 22 nitrogen and oxygen atoms in total. The summed E-state index contributed by atoms with van der Waals surface area (Å²) in [6.07, 6.45) is -19.4. The lowest BCUT2D eigenvalue weighted by Crippen LogP contribution is -2.66. The van der Waals surface area contributed by atoms with E-state index in [1.165, 1.54) is 19.4 Å². The van der Waals surface area contributed by atoms with Crippen LogP contribution in [0.25, 0.3) is 0 Å². The number of aliphatic hydroxyl groups excluding tert-OH is 12. The number of ether oxygens (including phenoxy) is 10. The minimum atomic E-state index is -1.74. The third kappa shape index (κ3) is 10.1. The van der Waals surface area contributed by atoms with Crippen molar-refractivity contribution in [1.82, 2.24) is 0 Å². The first kappa shape index (κ1) is 57.5. The minimum absolute atomic E-state index is 0.00465. The Morgan fingerprint density at radius 3 is 1.86 bits per heavy atom. The Labute approximate surface area is 432 Å². The molecule has 22 heteroatoms. The molecule has 3 saturated carbocycles. The Balaban J connectivity index is 0.854. The van der Waals surface area contributed by atoms with Gasteiger partial charge in [-0.3, -0.25) is 0 Å². The van der Waals surface area contributed by atoms with Gasteiger partial charge in [0, 0.05) is 19.4 Å². The summed E-state index contributed by atoms with van der Waals surface area (Å²) in [6.45, 7) is 11.1. The summed E-state index contributed by atoms with van der Waals surface area (Å²) in [5.41, 5.74) is 1.19. The lowest BCUT2D eigenvalue weighted by Gasteiger charge is -2.58. The van der Waals surface area contributed by atoms with Crippen LogP contribution < -0.4 is 0 Å². The van der Waals surface area contributed by atoms with E-state index in [0.29, 0.717) is 43.4 Å². The van der Waals surface area contributed by atoms with Crippen LogP contribution in [0.2, 0.25) is 0 Å². The van der Waals surface area contributed by atoms with E-state index in [1.54, 1.807) is 7.11 Å². The fourth-order valence-electron chi connectivity index (χ4n) is 15.3. The number of allylic oxidation sites excluding steroid dienone is 1. The molecule has 9 aliphatic rings. The van der Waals surface area contributed by atoms with Crippen molar-refractivity contribution in [2.24, 2.45) is 46.3 Å². The van der Waals surface area contributed by atoms with Crippen LogP contribution in [0.1, 0.15) is 99.3 Å². The maximum Gasteiger partial charge on any atom is 0.187 e. The van der Waals surface area contributed by atoms with Crippen molar-refractivity contribution >= 4 is 0 Å². The van der Waals surface area contributed by atoms with E-state index in [2.05, 4.69) is 26.8 Å². The van der Waals surface area contributed by atoms with Crippen molar-refractivity contribution < 1.29 is 109 Å². The molecule has 8 fully saturated rings. The second-order valence-corrected chi connectivity index (χ2v) is 24.0. The third-order valence-corrected chi connectivity index (χ3v) is 19.8. The fraction of sp³-hybridized carbons (Fsp3) is 0.962. The molecule has 0 radical (unpaired) electrons. The molecule has 31 atom stereocenters. The number of fused-ring (bicyclic) bond motifs is 7. The summed E-state index contributed by atoms with van der Waals surface area (Å²) < 4.78 is 61.5. The molecule has 5 aliphatic heterocycles. The molecule has 0 aromatic heterocycles. The first-order chi connectivity index (χ1) is 35.0. The summed E-state index contributed by atoms with van der Waals surface area (Å²) in [5, 5.41) is 127. The van der Waals surface area contributed by atoms with Gasteiger partial charge in [0.15, 0.2) is 30.9 Å². The summed E-state index contributed by atoms with van der Waals surface area (Å²) in [5.74, 6) is 0.884. The van der Waals surface area contributed by atoms with Crippen molar-refractivity contribution in [2.75, 3.05) is 26.9 Å². The highest BCUT2D eigenvalue weighted by molar-refractivity contribution is 5.26. The number of rotatable bonds is 15. The maximum atomic E-state index is 12.1. The molecule has 4 aliphatic carbocycles. The zero-order valence-electron chi connectivity index (χ0n) is 43.7. The van der Waals surface area contributed by atoms with E-state index in [1.807, 2.05) is 6.92 Å². The average molecular weight is 1060 g/mol. The molecule has 0 aromatic rings. The van der Waals surface area contributed by atoms with Crippen molar-refractivity contribution in [1.29, 1.82) is 0 Å². The van der Waals surface area contributed by atoms with E-state index in [9.17, 15) is 61.3 Å². The number of hydrogen-bond acceptors (Lipinski definition) is 22. The lowest BCUT2D eigenvalue weighted by molar-refractivity contribution is -0.388. The highest BCUT2D eigenvalue weighted by Gasteiger charge is 2.68. The molecule has 5 heterocycles. The van der Waals surface area contributed by atoms with E-state index in [4.69, 9.17) is 47.4 Å². The monoisotopic (exact) mass is 1060 g/mol. The molecule has 74 heavy (non-hydrogen) atoms. The summed E-state index contributed by atoms with van der Waals surface area (Å²) in [7, 11) is 1.72. The molecule has 0 spiro atoms. The van der Waals surface area contributed by atoms with Gasteiger partial charge in [-0.2, -0.15) is 0 Å². The van der Waals surface area contributed by atoms with Gasteiger partial charge in [0.05, 0.1) is 44.2 Å². The van der Waals surface area contributed by atoms with E-state index in [0.717, 1.165) is 32.1 Å². The molecule has 0 bridgehead atoms. The lowest BCUT2D eigenvalue weighted by atomic mass is 9.47. The van der Waals surface area contributed by atoms with Gasteiger partial charge in [-0.25, -0.2) is 0 Å². The zero-order chi connectivity index (χ0) is 53.5. The molecule has 12 N–H and O–H groups in total. The largest absolute Gasteiger partial charge is 0.394 e. The van der Waals surface area contributed by atoms with Crippen molar-refractivity contribution in [2.45, 2.75) is 240 Å². The normalized spacial score (nSPS) is 54.9. The maximum absolute atomic E-state index is 12.1. The highest BCUT2D eigenvalue weighted by Crippen LogP contribution is 2.70. The van der Waals surface area contributed by atoms with Crippen LogP contribution in [0.5, 0.6) is 0 Å². The number of methoxy groups -OCH3 is 1. The quantitative estimate of drug-likeness (QED) is 0.0846. The van der Waals surface area contributed by atoms with Gasteiger partial charge in [0.1, 0.15) is 85.5 Å². The fourth-order valence-corrected chi connectivity index (χ4v) is 15.3. The van der Waals surface area contributed by atoms with Gasteiger partial charge in [-0.05, 0) is 106 Å². The molecule has 5 saturated heterocycles. The average Bonchev–Trinajstić information content (AvgIpc) is 3.84. The van der Waals surface area contributed by atoms with Gasteiger partial charge in [-0.15, -0.1) is 0 Å². The Hall–Kier alpha value is -1.14. The van der Waals surface area contributed by atoms with Crippen LogP contribution in [-0.4, -0.2) is 229 Å². The molecule has 9 rings (SSSR count). The SMILES string of the molecule is COC1(CCC(C)CO[C@@H]2OC(CO)[C@@H](O)C(O)[C@@H]2O)OC2CC3C4CC=C5CC(O[C@@H]6OC(CO)[C@H](OC7O[C@H](C)[C@@H](O)[C@H](O)[C@@H]7O)C(O)[C@@H]6OC6O[C@H](C)[C@@H](O)[C@H](O)[C@@H]6O)CCC5(C)C4CCC3(C)C2C1C. The van der Waals surface area contributed by atoms with E-state index >= 15 is 0 Å². The molecule has 17 unspecified atom stereocenters. The minimum Gasteiger partial charge on any atom is -0.394 e. The zero-order valence-corrected chi connectivity index (χ0v) is 43.7. The van der Waals surface area contributed by atoms with E-state index < -0.39 is 148 Å². The molecule has 0 amide bonds. The van der Waals surface area contributed by atoms with Crippen molar-refractivity contribution in [3.05, 3.63) is 11.6 Å². The summed E-state index contributed by atoms with van der Waals surface area (Å²) in [4.78, 5) is 0. The first-order valence-corrected chi connectivity index (χ1v) is 27.2.